The van der Waals surface area contributed by atoms with Crippen LogP contribution in [0.2, 0.25) is 0 Å². The van der Waals surface area contributed by atoms with Gasteiger partial charge in [-0.2, -0.15) is 0 Å². The zero-order valence-corrected chi connectivity index (χ0v) is 27.4. The van der Waals surface area contributed by atoms with Gasteiger partial charge in [0.1, 0.15) is 22.3 Å². The molecule has 0 unspecified atom stereocenters. The van der Waals surface area contributed by atoms with Crippen LogP contribution in [0.4, 0.5) is 0 Å². The summed E-state index contributed by atoms with van der Waals surface area (Å²) in [7, 11) is 0. The van der Waals surface area contributed by atoms with Crippen molar-refractivity contribution >= 4 is 76.5 Å². The van der Waals surface area contributed by atoms with E-state index >= 15 is 0 Å². The average molecular weight is 645 g/mol. The van der Waals surface area contributed by atoms with Crippen LogP contribution in [-0.2, 0) is 0 Å². The highest BCUT2D eigenvalue weighted by molar-refractivity contribution is 6.23. The third-order valence-electron chi connectivity index (χ3n) is 11.1. The van der Waals surface area contributed by atoms with E-state index in [-0.39, 0.29) is 0 Å². The summed E-state index contributed by atoms with van der Waals surface area (Å²) in [4.78, 5) is 10.2. The Morgan fingerprint density at radius 3 is 1.82 bits per heavy atom. The molecule has 0 N–H and O–H groups in total. The first-order valence-electron chi connectivity index (χ1n) is 17.7. The maximum absolute atomic E-state index is 6.39. The maximum atomic E-state index is 6.39. The first-order valence-corrected chi connectivity index (χ1v) is 17.7. The highest BCUT2D eigenvalue weighted by Crippen LogP contribution is 2.41. The molecule has 0 spiro atoms. The van der Waals surface area contributed by atoms with Crippen LogP contribution < -0.4 is 0 Å². The molecule has 1 fully saturated rings. The Labute approximate surface area is 288 Å². The second-order valence-corrected chi connectivity index (χ2v) is 14.0. The molecule has 4 nitrogen and oxygen atoms in total. The zero-order valence-electron chi connectivity index (χ0n) is 27.4. The van der Waals surface area contributed by atoms with Crippen LogP contribution >= 0.6 is 0 Å². The van der Waals surface area contributed by atoms with Crippen LogP contribution in [0.5, 0.6) is 0 Å². The monoisotopic (exact) mass is 644 g/mol. The molecule has 0 radical (unpaired) electrons. The normalized spacial score (nSPS) is 14.3. The molecule has 0 atom stereocenters. The molecule has 7 aromatic carbocycles. The van der Waals surface area contributed by atoms with Gasteiger partial charge in [0.15, 0.2) is 0 Å². The van der Waals surface area contributed by atoms with Crippen molar-refractivity contribution in [2.75, 3.05) is 0 Å². The molecule has 0 bridgehead atoms. The second-order valence-electron chi connectivity index (χ2n) is 14.0. The van der Waals surface area contributed by atoms with E-state index in [4.69, 9.17) is 18.8 Å². The van der Waals surface area contributed by atoms with Crippen LogP contribution in [0.1, 0.15) is 43.6 Å². The van der Waals surface area contributed by atoms with E-state index in [1.54, 1.807) is 0 Å². The van der Waals surface area contributed by atoms with Crippen molar-refractivity contribution in [3.8, 4) is 22.4 Å². The fourth-order valence-corrected chi connectivity index (χ4v) is 8.55. The van der Waals surface area contributed by atoms with Crippen molar-refractivity contribution in [3.63, 3.8) is 0 Å². The summed E-state index contributed by atoms with van der Waals surface area (Å²) < 4.78 is 12.7. The molecule has 3 aromatic heterocycles. The fourth-order valence-electron chi connectivity index (χ4n) is 8.55. The minimum absolute atomic E-state index is 0.648. The number of hydrogen-bond donors (Lipinski definition) is 0. The molecule has 238 valence electrons. The van der Waals surface area contributed by atoms with Crippen molar-refractivity contribution < 1.29 is 8.83 Å². The Bertz CT molecular complexity index is 2940. The summed E-state index contributed by atoms with van der Waals surface area (Å²) in [6.45, 7) is 0. The van der Waals surface area contributed by atoms with Gasteiger partial charge in [-0.05, 0) is 82.6 Å². The van der Waals surface area contributed by atoms with Crippen molar-refractivity contribution in [1.29, 1.82) is 0 Å². The first kappa shape index (κ1) is 27.9. The molecule has 50 heavy (non-hydrogen) atoms. The van der Waals surface area contributed by atoms with Gasteiger partial charge in [0.2, 0.25) is 0 Å². The Balaban J connectivity index is 1.02. The van der Waals surface area contributed by atoms with Gasteiger partial charge in [0.25, 0.3) is 0 Å². The van der Waals surface area contributed by atoms with Crippen molar-refractivity contribution in [2.45, 2.75) is 38.0 Å². The third kappa shape index (κ3) is 4.24. The van der Waals surface area contributed by atoms with Gasteiger partial charge in [0, 0.05) is 43.9 Å². The topological polar surface area (TPSA) is 52.1 Å². The number of nitrogens with zero attached hydrogens (tertiary/aromatic N) is 2. The van der Waals surface area contributed by atoms with Gasteiger partial charge in [-0.25, -0.2) is 4.98 Å². The lowest BCUT2D eigenvalue weighted by Crippen LogP contribution is -2.03. The van der Waals surface area contributed by atoms with E-state index in [9.17, 15) is 0 Å². The fraction of sp³-hybridized carbons (Fsp3) is 0.130. The number of aromatic nitrogens is 2. The summed E-state index contributed by atoms with van der Waals surface area (Å²) >= 11 is 0. The second kappa shape index (κ2) is 10.8. The van der Waals surface area contributed by atoms with Gasteiger partial charge in [0.05, 0.1) is 22.9 Å². The predicted octanol–water partition coefficient (Wildman–Crippen LogP) is 13.1. The van der Waals surface area contributed by atoms with Gasteiger partial charge in [-0.15, -0.1) is 0 Å². The van der Waals surface area contributed by atoms with E-state index in [0.29, 0.717) is 5.92 Å². The smallest absolute Gasteiger partial charge is 0.139 e. The van der Waals surface area contributed by atoms with Gasteiger partial charge in [-0.3, -0.25) is 4.98 Å². The molecule has 11 rings (SSSR count). The maximum Gasteiger partial charge on any atom is 0.139 e. The van der Waals surface area contributed by atoms with Crippen molar-refractivity contribution in [3.05, 3.63) is 133 Å². The van der Waals surface area contributed by atoms with Crippen LogP contribution in [0.15, 0.2) is 136 Å². The third-order valence-corrected chi connectivity index (χ3v) is 11.1. The molecule has 0 amide bonds. The standard InChI is InChI=1S/C46H32N2O2/c1-2-9-27(10-3-1)29-17-19-41-36(22-29)38-24-39-37-23-30(18-20-42(37)50-44(39)25-43(38)49-41)28-11-8-12-31(21-28)40-26-47-45-34-15-6-4-13-32(34)33-14-5-7-16-35(33)46(45)48-40/h4-8,11-27H,1-3,9-10H2. The summed E-state index contributed by atoms with van der Waals surface area (Å²) in [6, 6.07) is 43.2. The van der Waals surface area contributed by atoms with Crippen LogP contribution in [0.25, 0.3) is 98.8 Å². The molecule has 0 aliphatic heterocycles. The molecular weight excluding hydrogens is 613 g/mol. The Morgan fingerprint density at radius 1 is 0.440 bits per heavy atom. The molecule has 1 aliphatic rings. The lowest BCUT2D eigenvalue weighted by Gasteiger charge is -2.21. The first-order chi connectivity index (χ1) is 24.7. The molecule has 3 heterocycles. The molecule has 0 saturated heterocycles. The summed E-state index contributed by atoms with van der Waals surface area (Å²) in [6.07, 6.45) is 8.48. The molecule has 4 heteroatoms. The van der Waals surface area contributed by atoms with Crippen molar-refractivity contribution in [2.24, 2.45) is 0 Å². The number of fused-ring (bicyclic) bond motifs is 12. The highest BCUT2D eigenvalue weighted by Gasteiger charge is 2.19. The van der Waals surface area contributed by atoms with Gasteiger partial charge < -0.3 is 8.83 Å². The summed E-state index contributed by atoms with van der Waals surface area (Å²) in [5, 5.41) is 9.20. The highest BCUT2D eigenvalue weighted by atomic mass is 16.3. The number of benzene rings is 7. The summed E-state index contributed by atoms with van der Waals surface area (Å²) in [5.74, 6) is 0.648. The molecular formula is C46H32N2O2. The molecule has 1 aliphatic carbocycles. The lowest BCUT2D eigenvalue weighted by molar-refractivity contribution is 0.444. The van der Waals surface area contributed by atoms with Crippen molar-refractivity contribution in [1.82, 2.24) is 9.97 Å². The predicted molar refractivity (Wildman–Crippen MR) is 206 cm³/mol. The van der Waals surface area contributed by atoms with Crippen LogP contribution in [-0.4, -0.2) is 9.97 Å². The SMILES string of the molecule is c1cc(-c2ccc3oc4cc5oc6ccc(C7CCCCC7)cc6c5cc4c3c2)cc(-c2cnc3c4ccccc4c4ccccc4c3n2)c1. The van der Waals surface area contributed by atoms with Crippen LogP contribution in [0.3, 0.4) is 0 Å². The average Bonchev–Trinajstić information content (AvgIpc) is 3.73. The molecule has 1 saturated carbocycles. The lowest BCUT2D eigenvalue weighted by atomic mass is 9.84. The van der Waals surface area contributed by atoms with Crippen LogP contribution in [0, 0.1) is 0 Å². The number of rotatable bonds is 3. The zero-order chi connectivity index (χ0) is 32.8. The number of furan rings is 2. The largest absolute Gasteiger partial charge is 0.456 e. The van der Waals surface area contributed by atoms with E-state index in [1.807, 2.05) is 6.20 Å². The minimum Gasteiger partial charge on any atom is -0.456 e. The van der Waals surface area contributed by atoms with Gasteiger partial charge in [-0.1, -0.05) is 98.1 Å². The van der Waals surface area contributed by atoms with E-state index in [1.165, 1.54) is 53.8 Å². The minimum atomic E-state index is 0.648. The Kier molecular flexibility index (Phi) is 6.00. The van der Waals surface area contributed by atoms with E-state index in [2.05, 4.69) is 121 Å². The molecule has 10 aromatic rings. The number of hydrogen-bond acceptors (Lipinski definition) is 4. The van der Waals surface area contributed by atoms with E-state index in [0.717, 1.165) is 82.7 Å². The Morgan fingerprint density at radius 2 is 1.06 bits per heavy atom. The Hall–Kier alpha value is -6.00. The van der Waals surface area contributed by atoms with E-state index < -0.39 is 0 Å². The van der Waals surface area contributed by atoms with Gasteiger partial charge >= 0.3 is 0 Å². The quantitative estimate of drug-likeness (QED) is 0.180. The summed E-state index contributed by atoms with van der Waals surface area (Å²) in [5.41, 5.74) is 11.0.